The third-order valence-corrected chi connectivity index (χ3v) is 3.32. The van der Waals surface area contributed by atoms with Gasteiger partial charge in [-0.25, -0.2) is 17.8 Å². The van der Waals surface area contributed by atoms with E-state index in [9.17, 15) is 12.8 Å². The molecular weight excluding hydrogens is 257 g/mol. The molecule has 0 aliphatic heterocycles. The van der Waals surface area contributed by atoms with Crippen LogP contribution in [0.3, 0.4) is 0 Å². The Morgan fingerprint density at radius 2 is 2.00 bits per heavy atom. The van der Waals surface area contributed by atoms with Crippen molar-refractivity contribution in [1.82, 2.24) is 9.84 Å². The normalized spacial score (nSPS) is 12.1. The van der Waals surface area contributed by atoms with E-state index in [4.69, 9.17) is 17.3 Å². The number of halogens is 2. The number of hydrazine groups is 1. The molecule has 0 heterocycles. The van der Waals surface area contributed by atoms with Crippen molar-refractivity contribution in [2.45, 2.75) is 4.90 Å². The molecule has 0 unspecified atom stereocenters. The van der Waals surface area contributed by atoms with Crippen LogP contribution in [0.5, 0.6) is 0 Å². The summed E-state index contributed by atoms with van der Waals surface area (Å²) in [6.45, 7) is 0. The van der Waals surface area contributed by atoms with Crippen molar-refractivity contribution in [3.63, 3.8) is 0 Å². The highest BCUT2D eigenvalue weighted by Gasteiger charge is 2.22. The SMILES string of the molecule is CN(C)NS(=O)(=O)c1cc(Cl)cc(N)c1F. The number of hydrogen-bond donors (Lipinski definition) is 2. The first-order valence-electron chi connectivity index (χ1n) is 4.18. The van der Waals surface area contributed by atoms with Gasteiger partial charge in [0.2, 0.25) is 0 Å². The van der Waals surface area contributed by atoms with Crippen molar-refractivity contribution in [2.24, 2.45) is 0 Å². The second-order valence-electron chi connectivity index (χ2n) is 3.30. The van der Waals surface area contributed by atoms with E-state index in [2.05, 4.69) is 4.83 Å². The Kier molecular flexibility index (Phi) is 3.74. The maximum absolute atomic E-state index is 13.5. The third kappa shape index (κ3) is 2.82. The van der Waals surface area contributed by atoms with E-state index >= 15 is 0 Å². The van der Waals surface area contributed by atoms with Crippen LogP contribution < -0.4 is 10.6 Å². The molecule has 0 spiro atoms. The molecule has 0 aromatic heterocycles. The zero-order valence-corrected chi connectivity index (χ0v) is 10.2. The summed E-state index contributed by atoms with van der Waals surface area (Å²) in [6.07, 6.45) is 0. The van der Waals surface area contributed by atoms with Gasteiger partial charge in [-0.3, -0.25) is 0 Å². The lowest BCUT2D eigenvalue weighted by molar-refractivity contribution is 0.363. The van der Waals surface area contributed by atoms with Gasteiger partial charge in [0, 0.05) is 19.1 Å². The van der Waals surface area contributed by atoms with E-state index in [1.54, 1.807) is 0 Å². The van der Waals surface area contributed by atoms with Gasteiger partial charge >= 0.3 is 0 Å². The fourth-order valence-electron chi connectivity index (χ4n) is 1.07. The van der Waals surface area contributed by atoms with E-state index in [0.29, 0.717) is 0 Å². The molecule has 1 rings (SSSR count). The average molecular weight is 268 g/mol. The first kappa shape index (κ1) is 13.2. The van der Waals surface area contributed by atoms with Crippen LogP contribution in [0.4, 0.5) is 10.1 Å². The predicted molar refractivity (Wildman–Crippen MR) is 59.8 cm³/mol. The Morgan fingerprint density at radius 3 is 2.50 bits per heavy atom. The van der Waals surface area contributed by atoms with Crippen LogP contribution in [0.25, 0.3) is 0 Å². The lowest BCUT2D eigenvalue weighted by Crippen LogP contribution is -2.36. The van der Waals surface area contributed by atoms with Gasteiger partial charge in [-0.05, 0) is 12.1 Å². The van der Waals surface area contributed by atoms with Crippen LogP contribution >= 0.6 is 11.6 Å². The molecule has 0 aliphatic carbocycles. The summed E-state index contributed by atoms with van der Waals surface area (Å²) in [5, 5.41) is 1.23. The van der Waals surface area contributed by atoms with Crippen LogP contribution in [-0.2, 0) is 10.0 Å². The fourth-order valence-corrected chi connectivity index (χ4v) is 2.58. The quantitative estimate of drug-likeness (QED) is 0.628. The standard InChI is InChI=1S/C8H11ClFN3O2S/c1-13(2)12-16(14,15)7-4-5(9)3-6(11)8(7)10/h3-4,12H,11H2,1-2H3. The zero-order chi connectivity index (χ0) is 12.5. The molecular formula is C8H11ClFN3O2S. The summed E-state index contributed by atoms with van der Waals surface area (Å²) in [4.78, 5) is 1.50. The number of rotatable bonds is 3. The first-order chi connectivity index (χ1) is 7.24. The molecule has 1 aromatic carbocycles. The van der Waals surface area contributed by atoms with Crippen LogP contribution in [0, 0.1) is 5.82 Å². The highest BCUT2D eigenvalue weighted by molar-refractivity contribution is 7.89. The minimum Gasteiger partial charge on any atom is -0.396 e. The third-order valence-electron chi connectivity index (χ3n) is 1.62. The number of anilines is 1. The molecule has 0 saturated heterocycles. The lowest BCUT2D eigenvalue weighted by Gasteiger charge is -2.13. The summed E-state index contributed by atoms with van der Waals surface area (Å²) in [7, 11) is -1.08. The Balaban J connectivity index is 3.33. The molecule has 0 atom stereocenters. The van der Waals surface area contributed by atoms with Crippen LogP contribution in [0.15, 0.2) is 17.0 Å². The van der Waals surface area contributed by atoms with Gasteiger partial charge < -0.3 is 5.73 Å². The molecule has 8 heteroatoms. The van der Waals surface area contributed by atoms with Crippen molar-refractivity contribution in [3.8, 4) is 0 Å². The number of hydrogen-bond acceptors (Lipinski definition) is 4. The molecule has 1 aromatic rings. The maximum Gasteiger partial charge on any atom is 0.256 e. The second-order valence-corrected chi connectivity index (χ2v) is 5.36. The lowest BCUT2D eigenvalue weighted by atomic mass is 10.3. The number of benzene rings is 1. The van der Waals surface area contributed by atoms with Gasteiger partial charge in [0.05, 0.1) is 5.69 Å². The summed E-state index contributed by atoms with van der Waals surface area (Å²) in [5.41, 5.74) is 4.97. The van der Waals surface area contributed by atoms with Gasteiger partial charge in [0.1, 0.15) is 4.90 Å². The highest BCUT2D eigenvalue weighted by atomic mass is 35.5. The topological polar surface area (TPSA) is 75.4 Å². The van der Waals surface area contributed by atoms with Gasteiger partial charge in [-0.2, -0.15) is 0 Å². The molecule has 0 amide bonds. The van der Waals surface area contributed by atoms with Crippen LogP contribution in [0.1, 0.15) is 0 Å². The number of nitrogen functional groups attached to an aromatic ring is 1. The van der Waals surface area contributed by atoms with E-state index < -0.39 is 20.7 Å². The number of nitrogens with one attached hydrogen (secondary N) is 1. The van der Waals surface area contributed by atoms with Gasteiger partial charge in [0.15, 0.2) is 5.82 Å². The molecule has 0 saturated carbocycles. The molecule has 0 bridgehead atoms. The maximum atomic E-state index is 13.5. The smallest absolute Gasteiger partial charge is 0.256 e. The van der Waals surface area contributed by atoms with E-state index in [0.717, 1.165) is 12.1 Å². The van der Waals surface area contributed by atoms with E-state index in [1.807, 2.05) is 0 Å². The van der Waals surface area contributed by atoms with Gasteiger partial charge in [-0.1, -0.05) is 11.6 Å². The minimum atomic E-state index is -4.00. The number of nitrogens with zero attached hydrogens (tertiary/aromatic N) is 1. The van der Waals surface area contributed by atoms with Crippen molar-refractivity contribution >= 4 is 27.3 Å². The second kappa shape index (κ2) is 4.54. The van der Waals surface area contributed by atoms with Crippen LogP contribution in [-0.4, -0.2) is 27.5 Å². The van der Waals surface area contributed by atoms with E-state index in [-0.39, 0.29) is 10.7 Å². The summed E-state index contributed by atoms with van der Waals surface area (Å²) in [5.74, 6) is -1.02. The molecule has 0 fully saturated rings. The highest BCUT2D eigenvalue weighted by Crippen LogP contribution is 2.24. The summed E-state index contributed by atoms with van der Waals surface area (Å²) < 4.78 is 36.8. The predicted octanol–water partition coefficient (Wildman–Crippen LogP) is 0.816. The first-order valence-corrected chi connectivity index (χ1v) is 6.04. The Morgan fingerprint density at radius 1 is 1.44 bits per heavy atom. The Hall–Kier alpha value is -0.890. The number of nitrogens with two attached hydrogens (primary N) is 1. The van der Waals surface area contributed by atoms with Crippen molar-refractivity contribution < 1.29 is 12.8 Å². The molecule has 0 radical (unpaired) electrons. The largest absolute Gasteiger partial charge is 0.396 e. The summed E-state index contributed by atoms with van der Waals surface area (Å²) in [6, 6.07) is 2.14. The Bertz CT molecular complexity index is 504. The van der Waals surface area contributed by atoms with E-state index in [1.165, 1.54) is 19.1 Å². The Labute approximate surface area is 98.0 Å². The van der Waals surface area contributed by atoms with Crippen molar-refractivity contribution in [1.29, 1.82) is 0 Å². The average Bonchev–Trinajstić information content (AvgIpc) is 2.08. The molecule has 90 valence electrons. The van der Waals surface area contributed by atoms with Crippen LogP contribution in [0.2, 0.25) is 5.02 Å². The molecule has 16 heavy (non-hydrogen) atoms. The van der Waals surface area contributed by atoms with Gasteiger partial charge in [-0.15, -0.1) is 4.83 Å². The zero-order valence-electron chi connectivity index (χ0n) is 8.66. The number of sulfonamides is 1. The fraction of sp³-hybridized carbons (Fsp3) is 0.250. The molecule has 5 nitrogen and oxygen atoms in total. The van der Waals surface area contributed by atoms with Crippen molar-refractivity contribution in [3.05, 3.63) is 23.0 Å². The van der Waals surface area contributed by atoms with Crippen molar-refractivity contribution in [2.75, 3.05) is 19.8 Å². The summed E-state index contributed by atoms with van der Waals surface area (Å²) >= 11 is 5.61. The minimum absolute atomic E-state index is 0.0537. The molecule has 3 N–H and O–H groups in total. The molecule has 0 aliphatic rings. The van der Waals surface area contributed by atoms with Gasteiger partial charge in [0.25, 0.3) is 10.0 Å². The monoisotopic (exact) mass is 267 g/mol.